The van der Waals surface area contributed by atoms with Crippen LogP contribution in [0.25, 0.3) is 0 Å². The van der Waals surface area contributed by atoms with Gasteiger partial charge in [-0.3, -0.25) is 4.98 Å². The second kappa shape index (κ2) is 3.81. The topological polar surface area (TPSA) is 22.1 Å². The van der Waals surface area contributed by atoms with Crippen LogP contribution in [0.15, 0.2) is 12.3 Å². The molecule has 0 radical (unpaired) electrons. The van der Waals surface area contributed by atoms with Gasteiger partial charge in [0.15, 0.2) is 0 Å². The van der Waals surface area contributed by atoms with Crippen LogP contribution in [0.2, 0.25) is 0 Å². The highest BCUT2D eigenvalue weighted by Gasteiger charge is 2.33. The lowest BCUT2D eigenvalue weighted by Gasteiger charge is -2.10. The molecule has 0 spiro atoms. The molecular weight excluding hydrogens is 202 g/mol. The Bertz CT molecular complexity index is 324. The van der Waals surface area contributed by atoms with E-state index in [2.05, 4.69) is 9.72 Å². The molecule has 0 unspecified atom stereocenters. The van der Waals surface area contributed by atoms with E-state index < -0.39 is 18.6 Å². The average molecular weight is 209 g/mol. The number of hydrogen-bond acceptors (Lipinski definition) is 2. The van der Waals surface area contributed by atoms with Gasteiger partial charge in [-0.15, -0.1) is 0 Å². The van der Waals surface area contributed by atoms with Crippen LogP contribution in [-0.2, 0) is 6.18 Å². The van der Waals surface area contributed by atoms with Gasteiger partial charge in [0.1, 0.15) is 5.75 Å². The van der Waals surface area contributed by atoms with Crippen LogP contribution < -0.4 is 4.74 Å². The molecule has 0 aromatic carbocycles. The second-order valence-corrected chi connectivity index (χ2v) is 2.56. The fourth-order valence-electron chi connectivity index (χ4n) is 0.943. The van der Waals surface area contributed by atoms with E-state index in [4.69, 9.17) is 0 Å². The van der Waals surface area contributed by atoms with Crippen molar-refractivity contribution in [3.05, 3.63) is 23.5 Å². The smallest absolute Gasteiger partial charge is 0.418 e. The Hall–Kier alpha value is -1.33. The Balaban J connectivity index is 3.09. The van der Waals surface area contributed by atoms with Gasteiger partial charge in [0.2, 0.25) is 6.86 Å². The molecule has 0 fully saturated rings. The van der Waals surface area contributed by atoms with E-state index in [1.807, 2.05) is 0 Å². The fourth-order valence-corrected chi connectivity index (χ4v) is 0.943. The number of nitrogens with zero attached hydrogens (tertiary/aromatic N) is 1. The van der Waals surface area contributed by atoms with E-state index in [1.54, 1.807) is 0 Å². The number of aryl methyl sites for hydroxylation is 1. The molecule has 0 aliphatic carbocycles. The zero-order valence-electron chi connectivity index (χ0n) is 7.23. The SMILES string of the molecule is Cc1ncc(OCF)cc1C(F)(F)F. The lowest BCUT2D eigenvalue weighted by atomic mass is 10.2. The van der Waals surface area contributed by atoms with Crippen LogP contribution in [0.4, 0.5) is 17.6 Å². The van der Waals surface area contributed by atoms with Crippen molar-refractivity contribution in [2.75, 3.05) is 6.86 Å². The van der Waals surface area contributed by atoms with Crippen LogP contribution in [0.3, 0.4) is 0 Å². The Kier molecular flexibility index (Phi) is 2.93. The molecule has 0 saturated carbocycles. The highest BCUT2D eigenvalue weighted by molar-refractivity contribution is 5.30. The molecular formula is C8H7F4NO. The van der Waals surface area contributed by atoms with Gasteiger partial charge in [-0.1, -0.05) is 0 Å². The average Bonchev–Trinajstić information content (AvgIpc) is 2.07. The van der Waals surface area contributed by atoms with Crippen molar-refractivity contribution in [3.8, 4) is 5.75 Å². The third-order valence-corrected chi connectivity index (χ3v) is 1.59. The Morgan fingerprint density at radius 3 is 2.57 bits per heavy atom. The lowest BCUT2D eigenvalue weighted by Crippen LogP contribution is -2.09. The fraction of sp³-hybridized carbons (Fsp3) is 0.375. The minimum Gasteiger partial charge on any atom is -0.461 e. The van der Waals surface area contributed by atoms with Crippen molar-refractivity contribution in [2.24, 2.45) is 0 Å². The van der Waals surface area contributed by atoms with Crippen molar-refractivity contribution in [1.82, 2.24) is 4.98 Å². The molecule has 6 heteroatoms. The van der Waals surface area contributed by atoms with Gasteiger partial charge in [-0.25, -0.2) is 4.39 Å². The first-order chi connectivity index (χ1) is 6.45. The summed E-state index contributed by atoms with van der Waals surface area (Å²) in [5.74, 6) is -0.231. The zero-order valence-corrected chi connectivity index (χ0v) is 7.23. The maximum absolute atomic E-state index is 12.3. The predicted octanol–water partition coefficient (Wildman–Crippen LogP) is 2.71. The summed E-state index contributed by atoms with van der Waals surface area (Å²) in [6.07, 6.45) is -3.45. The summed E-state index contributed by atoms with van der Waals surface area (Å²) in [6.45, 7) is 0.0457. The monoisotopic (exact) mass is 209 g/mol. The summed E-state index contributed by atoms with van der Waals surface area (Å²) >= 11 is 0. The molecule has 14 heavy (non-hydrogen) atoms. The molecule has 78 valence electrons. The largest absolute Gasteiger partial charge is 0.461 e. The van der Waals surface area contributed by atoms with Crippen molar-refractivity contribution in [2.45, 2.75) is 13.1 Å². The molecule has 0 aliphatic rings. The molecule has 0 atom stereocenters. The first kappa shape index (κ1) is 10.7. The Morgan fingerprint density at radius 1 is 1.43 bits per heavy atom. The Labute approximate surface area is 77.5 Å². The predicted molar refractivity (Wildman–Crippen MR) is 40.6 cm³/mol. The molecule has 1 rings (SSSR count). The highest BCUT2D eigenvalue weighted by atomic mass is 19.4. The second-order valence-electron chi connectivity index (χ2n) is 2.56. The van der Waals surface area contributed by atoms with Gasteiger partial charge in [0, 0.05) is 5.69 Å². The molecule has 0 bridgehead atoms. The van der Waals surface area contributed by atoms with Gasteiger partial charge >= 0.3 is 6.18 Å². The third-order valence-electron chi connectivity index (χ3n) is 1.59. The Morgan fingerprint density at radius 2 is 2.07 bits per heavy atom. The molecule has 0 N–H and O–H groups in total. The van der Waals surface area contributed by atoms with Gasteiger partial charge in [-0.2, -0.15) is 13.2 Å². The van der Waals surface area contributed by atoms with Gasteiger partial charge < -0.3 is 4.74 Å². The van der Waals surface area contributed by atoms with E-state index in [9.17, 15) is 17.6 Å². The summed E-state index contributed by atoms with van der Waals surface area (Å²) in [5, 5.41) is 0. The van der Waals surface area contributed by atoms with Gasteiger partial charge in [0.05, 0.1) is 11.8 Å². The van der Waals surface area contributed by atoms with E-state index >= 15 is 0 Å². The molecule has 0 saturated heterocycles. The first-order valence-corrected chi connectivity index (χ1v) is 3.67. The molecule has 1 heterocycles. The number of hydrogen-bond donors (Lipinski definition) is 0. The van der Waals surface area contributed by atoms with Crippen molar-refractivity contribution in [1.29, 1.82) is 0 Å². The lowest BCUT2D eigenvalue weighted by molar-refractivity contribution is -0.138. The summed E-state index contributed by atoms with van der Waals surface area (Å²) in [5.41, 5.74) is -1.08. The number of alkyl halides is 4. The number of rotatable bonds is 2. The van der Waals surface area contributed by atoms with Crippen LogP contribution in [0, 0.1) is 6.92 Å². The first-order valence-electron chi connectivity index (χ1n) is 3.67. The van der Waals surface area contributed by atoms with Crippen LogP contribution in [0.5, 0.6) is 5.75 Å². The van der Waals surface area contributed by atoms with Crippen LogP contribution in [0.1, 0.15) is 11.3 Å². The summed E-state index contributed by atoms with van der Waals surface area (Å²) in [6, 6.07) is 0.724. The summed E-state index contributed by atoms with van der Waals surface area (Å²) < 4.78 is 52.8. The van der Waals surface area contributed by atoms with E-state index in [0.29, 0.717) is 0 Å². The molecule has 1 aromatic heterocycles. The number of ether oxygens (including phenoxy) is 1. The maximum atomic E-state index is 12.3. The number of halogens is 4. The summed E-state index contributed by atoms with van der Waals surface area (Å²) in [7, 11) is 0. The van der Waals surface area contributed by atoms with Crippen LogP contribution >= 0.6 is 0 Å². The van der Waals surface area contributed by atoms with Crippen LogP contribution in [-0.4, -0.2) is 11.8 Å². The maximum Gasteiger partial charge on any atom is 0.418 e. The highest BCUT2D eigenvalue weighted by Crippen LogP contribution is 2.32. The quantitative estimate of drug-likeness (QED) is 0.698. The minimum atomic E-state index is -4.49. The van der Waals surface area contributed by atoms with Gasteiger partial charge in [-0.05, 0) is 13.0 Å². The van der Waals surface area contributed by atoms with E-state index in [1.165, 1.54) is 6.92 Å². The van der Waals surface area contributed by atoms with Crippen molar-refractivity contribution < 1.29 is 22.3 Å². The summed E-state index contributed by atoms with van der Waals surface area (Å²) in [4.78, 5) is 3.45. The number of aromatic nitrogens is 1. The normalized spacial score (nSPS) is 11.5. The molecule has 0 aliphatic heterocycles. The third kappa shape index (κ3) is 2.34. The molecule has 2 nitrogen and oxygen atoms in total. The van der Waals surface area contributed by atoms with E-state index in [0.717, 1.165) is 12.3 Å². The van der Waals surface area contributed by atoms with Crippen molar-refractivity contribution in [3.63, 3.8) is 0 Å². The van der Waals surface area contributed by atoms with E-state index in [-0.39, 0.29) is 11.4 Å². The van der Waals surface area contributed by atoms with Gasteiger partial charge in [0.25, 0.3) is 0 Å². The zero-order chi connectivity index (χ0) is 10.8. The number of pyridine rings is 1. The van der Waals surface area contributed by atoms with Crippen molar-refractivity contribution >= 4 is 0 Å². The molecule has 0 amide bonds. The molecule has 1 aromatic rings. The standard InChI is InChI=1S/C8H7F4NO/c1-5-7(8(10,11)12)2-6(3-13-5)14-4-9/h2-3H,4H2,1H3. The minimum absolute atomic E-state index is 0.163.